The molecule has 1 amide bonds. The quantitative estimate of drug-likeness (QED) is 0.588. The van der Waals surface area contributed by atoms with Crippen molar-refractivity contribution in [1.82, 2.24) is 14.6 Å². The van der Waals surface area contributed by atoms with Crippen LogP contribution in [0.1, 0.15) is 32.6 Å². The number of nitrogens with zero attached hydrogens (tertiary/aromatic N) is 2. The van der Waals surface area contributed by atoms with Crippen molar-refractivity contribution >= 4 is 15.9 Å². The minimum Gasteiger partial charge on any atom is -0.473 e. The summed E-state index contributed by atoms with van der Waals surface area (Å²) < 4.78 is 50.6. The Bertz CT molecular complexity index is 909. The maximum absolute atomic E-state index is 13.0. The number of pyridine rings is 1. The standard InChI is InChI=1S/C21H31FN4O5S/c1-21(20(27)25-17-4-10-30-11-5-17)6-8-26(9-7-21)32(28,29)18-2-3-19(24-14-18)31-15-16(12-22)13-23/h2-3,12,14,17H,4-11,13,15,23H2,1H3,(H,25,27)/b16-12+. The molecule has 2 aliphatic heterocycles. The first-order chi connectivity index (χ1) is 15.3. The zero-order valence-electron chi connectivity index (χ0n) is 18.3. The number of nitrogens with one attached hydrogen (secondary N) is 1. The van der Waals surface area contributed by atoms with Gasteiger partial charge in [0.2, 0.25) is 21.8 Å². The molecule has 2 aliphatic rings. The van der Waals surface area contributed by atoms with E-state index in [0.717, 1.165) is 12.8 Å². The summed E-state index contributed by atoms with van der Waals surface area (Å²) in [4.78, 5) is 16.9. The Hall–Kier alpha value is -2.08. The van der Waals surface area contributed by atoms with Gasteiger partial charge >= 0.3 is 0 Å². The number of ether oxygens (including phenoxy) is 2. The summed E-state index contributed by atoms with van der Waals surface area (Å²) in [6, 6.07) is 2.95. The van der Waals surface area contributed by atoms with Gasteiger partial charge in [-0.15, -0.1) is 0 Å². The molecule has 2 saturated heterocycles. The van der Waals surface area contributed by atoms with Gasteiger partial charge in [-0.05, 0) is 31.7 Å². The van der Waals surface area contributed by atoms with Crippen molar-refractivity contribution in [2.75, 3.05) is 39.5 Å². The molecule has 1 aromatic rings. The minimum atomic E-state index is -3.75. The van der Waals surface area contributed by atoms with E-state index < -0.39 is 15.4 Å². The summed E-state index contributed by atoms with van der Waals surface area (Å²) in [7, 11) is -3.75. The van der Waals surface area contributed by atoms with Crippen LogP contribution in [0, 0.1) is 5.41 Å². The second kappa shape index (κ2) is 10.7. The Morgan fingerprint density at radius 3 is 2.62 bits per heavy atom. The third-order valence-corrected chi connectivity index (χ3v) is 7.98. The van der Waals surface area contributed by atoms with Crippen molar-refractivity contribution in [1.29, 1.82) is 0 Å². The molecule has 3 heterocycles. The fourth-order valence-corrected chi connectivity index (χ4v) is 5.09. The molecule has 0 aliphatic carbocycles. The molecular formula is C21H31FN4O5S. The first kappa shape index (κ1) is 24.6. The highest BCUT2D eigenvalue weighted by Gasteiger charge is 2.41. The molecule has 0 atom stereocenters. The molecule has 1 aromatic heterocycles. The third kappa shape index (κ3) is 5.83. The predicted octanol–water partition coefficient (Wildman–Crippen LogP) is 1.36. The van der Waals surface area contributed by atoms with Crippen LogP contribution in [0.5, 0.6) is 5.88 Å². The second-order valence-electron chi connectivity index (χ2n) is 8.42. The maximum atomic E-state index is 13.0. The molecule has 2 fully saturated rings. The maximum Gasteiger partial charge on any atom is 0.244 e. The van der Waals surface area contributed by atoms with E-state index in [1.165, 1.54) is 22.6 Å². The molecule has 0 radical (unpaired) electrons. The number of piperidine rings is 1. The summed E-state index contributed by atoms with van der Waals surface area (Å²) in [5.41, 5.74) is 5.03. The summed E-state index contributed by atoms with van der Waals surface area (Å²) in [5.74, 6) is 0.150. The van der Waals surface area contributed by atoms with Gasteiger partial charge in [-0.2, -0.15) is 4.31 Å². The smallest absolute Gasteiger partial charge is 0.244 e. The number of carbonyl (C=O) groups excluding carboxylic acids is 1. The molecule has 9 nitrogen and oxygen atoms in total. The Kier molecular flexibility index (Phi) is 8.21. The van der Waals surface area contributed by atoms with Crippen LogP contribution in [0.15, 0.2) is 35.1 Å². The number of hydrogen-bond acceptors (Lipinski definition) is 7. The second-order valence-corrected chi connectivity index (χ2v) is 10.4. The summed E-state index contributed by atoms with van der Waals surface area (Å²) in [5, 5.41) is 3.10. The zero-order chi connectivity index (χ0) is 23.2. The van der Waals surface area contributed by atoms with Crippen LogP contribution < -0.4 is 15.8 Å². The van der Waals surface area contributed by atoms with Gasteiger partial charge in [-0.25, -0.2) is 17.8 Å². The van der Waals surface area contributed by atoms with Crippen LogP contribution in [0.4, 0.5) is 4.39 Å². The number of halogens is 1. The van der Waals surface area contributed by atoms with Gasteiger partial charge in [-0.3, -0.25) is 4.79 Å². The minimum absolute atomic E-state index is 0.0178. The fourth-order valence-electron chi connectivity index (χ4n) is 3.70. The summed E-state index contributed by atoms with van der Waals surface area (Å²) >= 11 is 0. The Labute approximate surface area is 188 Å². The molecule has 0 spiro atoms. The first-order valence-corrected chi connectivity index (χ1v) is 12.2. The summed E-state index contributed by atoms with van der Waals surface area (Å²) in [6.07, 6.45) is 4.07. The molecule has 3 rings (SSSR count). The Morgan fingerprint density at radius 2 is 2.06 bits per heavy atom. The molecule has 178 valence electrons. The van der Waals surface area contributed by atoms with Crippen molar-refractivity contribution in [3.05, 3.63) is 30.2 Å². The van der Waals surface area contributed by atoms with Crippen molar-refractivity contribution < 1.29 is 27.1 Å². The molecular weight excluding hydrogens is 439 g/mol. The van der Waals surface area contributed by atoms with Gasteiger partial charge < -0.3 is 20.5 Å². The molecule has 0 bridgehead atoms. The highest BCUT2D eigenvalue weighted by molar-refractivity contribution is 7.89. The van der Waals surface area contributed by atoms with Crippen LogP contribution >= 0.6 is 0 Å². The monoisotopic (exact) mass is 470 g/mol. The largest absolute Gasteiger partial charge is 0.473 e. The van der Waals surface area contributed by atoms with Crippen LogP contribution in [0.3, 0.4) is 0 Å². The summed E-state index contributed by atoms with van der Waals surface area (Å²) in [6.45, 7) is 3.63. The van der Waals surface area contributed by atoms with Gasteiger partial charge in [0.1, 0.15) is 11.5 Å². The number of hydrogen-bond donors (Lipinski definition) is 2. The van der Waals surface area contributed by atoms with E-state index in [0.29, 0.717) is 32.4 Å². The predicted molar refractivity (Wildman–Crippen MR) is 116 cm³/mol. The van der Waals surface area contributed by atoms with Crippen molar-refractivity contribution in [3.8, 4) is 5.88 Å². The molecule has 0 unspecified atom stereocenters. The van der Waals surface area contributed by atoms with Gasteiger partial charge in [0.15, 0.2) is 0 Å². The van der Waals surface area contributed by atoms with Gasteiger partial charge in [0.25, 0.3) is 0 Å². The zero-order valence-corrected chi connectivity index (χ0v) is 19.1. The molecule has 0 saturated carbocycles. The number of amides is 1. The Morgan fingerprint density at radius 1 is 1.38 bits per heavy atom. The number of nitrogens with two attached hydrogens (primary N) is 1. The van der Waals surface area contributed by atoms with E-state index in [2.05, 4.69) is 10.3 Å². The molecule has 3 N–H and O–H groups in total. The normalized spacial score (nSPS) is 20.7. The highest BCUT2D eigenvalue weighted by Crippen LogP contribution is 2.34. The van der Waals surface area contributed by atoms with Crippen LogP contribution in [-0.2, 0) is 19.6 Å². The SMILES string of the molecule is CC1(C(=O)NC2CCOCC2)CCN(S(=O)(=O)c2ccc(OC/C(=C/F)CN)nc2)CC1. The van der Waals surface area contributed by atoms with E-state index in [1.807, 2.05) is 6.92 Å². The average molecular weight is 471 g/mol. The van der Waals surface area contributed by atoms with Crippen molar-refractivity contribution in [3.63, 3.8) is 0 Å². The fraction of sp³-hybridized carbons (Fsp3) is 0.619. The first-order valence-electron chi connectivity index (χ1n) is 10.7. The number of aromatic nitrogens is 1. The lowest BCUT2D eigenvalue weighted by Crippen LogP contribution is -2.51. The number of rotatable bonds is 8. The molecule has 0 aromatic carbocycles. The Balaban J connectivity index is 1.57. The highest BCUT2D eigenvalue weighted by atomic mass is 32.2. The van der Waals surface area contributed by atoms with E-state index in [9.17, 15) is 17.6 Å². The lowest BCUT2D eigenvalue weighted by Gasteiger charge is -2.38. The van der Waals surface area contributed by atoms with E-state index >= 15 is 0 Å². The van der Waals surface area contributed by atoms with Crippen molar-refractivity contribution in [2.24, 2.45) is 11.1 Å². The third-order valence-electron chi connectivity index (χ3n) is 6.10. The lowest BCUT2D eigenvalue weighted by molar-refractivity contribution is -0.133. The van der Waals surface area contributed by atoms with Crippen molar-refractivity contribution in [2.45, 2.75) is 43.5 Å². The van der Waals surface area contributed by atoms with E-state index in [-0.39, 0.29) is 54.5 Å². The van der Waals surface area contributed by atoms with Gasteiger partial charge in [0.05, 0.1) is 12.5 Å². The van der Waals surface area contributed by atoms with Gasteiger partial charge in [-0.1, -0.05) is 6.92 Å². The number of sulfonamides is 1. The van der Waals surface area contributed by atoms with E-state index in [1.54, 1.807) is 0 Å². The molecule has 11 heteroatoms. The van der Waals surface area contributed by atoms with Crippen LogP contribution in [0.2, 0.25) is 0 Å². The van der Waals surface area contributed by atoms with E-state index in [4.69, 9.17) is 15.2 Å². The average Bonchev–Trinajstić information content (AvgIpc) is 2.81. The topological polar surface area (TPSA) is 124 Å². The lowest BCUT2D eigenvalue weighted by atomic mass is 9.80. The van der Waals surface area contributed by atoms with Gasteiger partial charge in [0, 0.05) is 55.9 Å². The van der Waals surface area contributed by atoms with Crippen LogP contribution in [0.25, 0.3) is 0 Å². The number of carbonyl (C=O) groups is 1. The van der Waals surface area contributed by atoms with Crippen LogP contribution in [-0.4, -0.2) is 69.1 Å². The molecule has 32 heavy (non-hydrogen) atoms.